The fourth-order valence-electron chi connectivity index (χ4n) is 0.837. The first-order chi connectivity index (χ1) is 5.79. The van der Waals surface area contributed by atoms with Crippen molar-refractivity contribution in [2.75, 3.05) is 7.11 Å². The van der Waals surface area contributed by atoms with E-state index in [1.54, 1.807) is 0 Å². The summed E-state index contributed by atoms with van der Waals surface area (Å²) < 4.78 is 17.5. The third-order valence-electron chi connectivity index (χ3n) is 1.32. The Bertz CT molecular complexity index is 332. The van der Waals surface area contributed by atoms with Crippen molar-refractivity contribution in [3.63, 3.8) is 0 Å². The number of rotatable bonds is 2. The normalized spacial score (nSPS) is 8.83. The van der Waals surface area contributed by atoms with Crippen LogP contribution in [0.4, 0.5) is 10.1 Å². The Morgan fingerprint density at radius 2 is 2.33 bits per heavy atom. The van der Waals surface area contributed by atoms with Crippen molar-refractivity contribution in [2.24, 2.45) is 4.99 Å². The third kappa shape index (κ3) is 1.49. The molecule has 0 N–H and O–H groups in total. The molecule has 0 fully saturated rings. The van der Waals surface area contributed by atoms with Gasteiger partial charge >= 0.3 is 0 Å². The molecule has 62 valence electrons. The predicted octanol–water partition coefficient (Wildman–Crippen LogP) is 1.80. The Morgan fingerprint density at radius 1 is 1.58 bits per heavy atom. The van der Waals surface area contributed by atoms with Gasteiger partial charge in [-0.15, -0.1) is 0 Å². The van der Waals surface area contributed by atoms with E-state index in [0.29, 0.717) is 0 Å². The number of carbonyl (C=O) groups excluding carboxylic acids is 1. The van der Waals surface area contributed by atoms with Gasteiger partial charge in [0.1, 0.15) is 5.69 Å². The van der Waals surface area contributed by atoms with Crippen LogP contribution in [-0.4, -0.2) is 13.2 Å². The summed E-state index contributed by atoms with van der Waals surface area (Å²) in [4.78, 5) is 13.2. The summed E-state index contributed by atoms with van der Waals surface area (Å²) in [7, 11) is 1.31. The Hall–Kier alpha value is -1.67. The van der Waals surface area contributed by atoms with Crippen LogP contribution in [-0.2, 0) is 4.79 Å². The van der Waals surface area contributed by atoms with Crippen LogP contribution in [0.25, 0.3) is 0 Å². The molecule has 1 rings (SSSR count). The van der Waals surface area contributed by atoms with E-state index in [2.05, 4.69) is 9.73 Å². The molecule has 1 aromatic rings. The molecule has 0 spiro atoms. The number of benzene rings is 1. The maximum atomic E-state index is 12.9. The Kier molecular flexibility index (Phi) is 2.56. The molecule has 0 saturated carbocycles. The molecular formula is C8H6FNO2. The van der Waals surface area contributed by atoms with Crippen LogP contribution in [0.3, 0.4) is 0 Å². The Balaban J connectivity index is 3.26. The molecule has 0 bridgehead atoms. The third-order valence-corrected chi connectivity index (χ3v) is 1.32. The molecule has 0 amide bonds. The molecule has 0 aliphatic rings. The quantitative estimate of drug-likeness (QED) is 0.497. The van der Waals surface area contributed by atoms with Crippen molar-refractivity contribution in [2.45, 2.75) is 0 Å². The summed E-state index contributed by atoms with van der Waals surface area (Å²) in [6.07, 6.45) is 1.31. The van der Waals surface area contributed by atoms with Gasteiger partial charge in [-0.1, -0.05) is 6.07 Å². The zero-order valence-corrected chi connectivity index (χ0v) is 6.37. The van der Waals surface area contributed by atoms with Crippen molar-refractivity contribution in [3.8, 4) is 5.75 Å². The second-order valence-electron chi connectivity index (χ2n) is 2.00. The Labute approximate surface area is 68.5 Å². The van der Waals surface area contributed by atoms with E-state index in [9.17, 15) is 9.18 Å². The van der Waals surface area contributed by atoms with Gasteiger partial charge in [0, 0.05) is 0 Å². The molecule has 4 heteroatoms. The van der Waals surface area contributed by atoms with Crippen LogP contribution < -0.4 is 4.74 Å². The maximum Gasteiger partial charge on any atom is 0.240 e. The molecule has 0 aromatic heterocycles. The number of isocyanates is 1. The monoisotopic (exact) mass is 167 g/mol. The summed E-state index contributed by atoms with van der Waals surface area (Å²) in [5.74, 6) is -0.588. The summed E-state index contributed by atoms with van der Waals surface area (Å²) in [6, 6.07) is 4.13. The highest BCUT2D eigenvalue weighted by atomic mass is 19.1. The summed E-state index contributed by atoms with van der Waals surface area (Å²) >= 11 is 0. The lowest BCUT2D eigenvalue weighted by Crippen LogP contribution is -1.87. The van der Waals surface area contributed by atoms with Gasteiger partial charge < -0.3 is 4.74 Å². The van der Waals surface area contributed by atoms with Crippen LogP contribution in [0.15, 0.2) is 23.2 Å². The number of hydrogen-bond donors (Lipinski definition) is 0. The lowest BCUT2D eigenvalue weighted by molar-refractivity contribution is 0.388. The van der Waals surface area contributed by atoms with E-state index in [1.165, 1.54) is 31.4 Å². The van der Waals surface area contributed by atoms with Crippen molar-refractivity contribution in [3.05, 3.63) is 24.0 Å². The molecular weight excluding hydrogens is 161 g/mol. The first kappa shape index (κ1) is 8.43. The van der Waals surface area contributed by atoms with E-state index < -0.39 is 5.82 Å². The number of para-hydroxylation sites is 1. The van der Waals surface area contributed by atoms with Crippen LogP contribution in [0.1, 0.15) is 0 Å². The Morgan fingerprint density at radius 3 is 2.92 bits per heavy atom. The number of aliphatic imine (C=N–C) groups is 1. The maximum absolute atomic E-state index is 12.9. The highest BCUT2D eigenvalue weighted by molar-refractivity contribution is 5.57. The SMILES string of the molecule is COc1c(F)cccc1N=C=O. The predicted molar refractivity (Wildman–Crippen MR) is 40.7 cm³/mol. The van der Waals surface area contributed by atoms with Crippen LogP contribution >= 0.6 is 0 Å². The fraction of sp³-hybridized carbons (Fsp3) is 0.125. The molecule has 0 radical (unpaired) electrons. The fourth-order valence-corrected chi connectivity index (χ4v) is 0.837. The van der Waals surface area contributed by atoms with E-state index in [0.717, 1.165) is 0 Å². The van der Waals surface area contributed by atoms with E-state index in [4.69, 9.17) is 0 Å². The highest BCUT2D eigenvalue weighted by Crippen LogP contribution is 2.29. The number of ether oxygens (including phenoxy) is 1. The van der Waals surface area contributed by atoms with Gasteiger partial charge in [0.05, 0.1) is 7.11 Å². The molecule has 0 unspecified atom stereocenters. The van der Waals surface area contributed by atoms with E-state index in [1.807, 2.05) is 0 Å². The van der Waals surface area contributed by atoms with Crippen LogP contribution in [0, 0.1) is 5.82 Å². The minimum atomic E-state index is -0.547. The zero-order valence-electron chi connectivity index (χ0n) is 6.37. The standard InChI is InChI=1S/C8H6FNO2/c1-12-8-6(9)3-2-4-7(8)10-5-11/h2-4H,1H3. The first-order valence-electron chi connectivity index (χ1n) is 3.20. The molecule has 0 heterocycles. The molecule has 1 aromatic carbocycles. The second-order valence-corrected chi connectivity index (χ2v) is 2.00. The lowest BCUT2D eigenvalue weighted by Gasteiger charge is -2.02. The van der Waals surface area contributed by atoms with Gasteiger partial charge in [-0.05, 0) is 12.1 Å². The highest BCUT2D eigenvalue weighted by Gasteiger charge is 2.06. The molecule has 12 heavy (non-hydrogen) atoms. The minimum Gasteiger partial charge on any atom is -0.491 e. The topological polar surface area (TPSA) is 38.7 Å². The van der Waals surface area contributed by atoms with Gasteiger partial charge in [-0.3, -0.25) is 0 Å². The average Bonchev–Trinajstić information content (AvgIpc) is 2.05. The number of nitrogens with zero attached hydrogens (tertiary/aromatic N) is 1. The molecule has 0 aliphatic carbocycles. The molecule has 3 nitrogen and oxygen atoms in total. The molecule has 0 saturated heterocycles. The smallest absolute Gasteiger partial charge is 0.240 e. The van der Waals surface area contributed by atoms with Crippen molar-refractivity contribution in [1.29, 1.82) is 0 Å². The number of hydrogen-bond acceptors (Lipinski definition) is 3. The van der Waals surface area contributed by atoms with E-state index in [-0.39, 0.29) is 11.4 Å². The van der Waals surface area contributed by atoms with Gasteiger partial charge in [0.25, 0.3) is 0 Å². The molecule has 0 aliphatic heterocycles. The zero-order chi connectivity index (χ0) is 8.97. The van der Waals surface area contributed by atoms with Crippen LogP contribution in [0.2, 0.25) is 0 Å². The second kappa shape index (κ2) is 3.64. The minimum absolute atomic E-state index is 0.0409. The summed E-state index contributed by atoms with van der Waals surface area (Å²) in [5.41, 5.74) is 0.146. The van der Waals surface area contributed by atoms with Gasteiger partial charge in [-0.2, -0.15) is 4.99 Å². The first-order valence-corrected chi connectivity index (χ1v) is 3.20. The van der Waals surface area contributed by atoms with Gasteiger partial charge in [0.2, 0.25) is 6.08 Å². The largest absolute Gasteiger partial charge is 0.491 e. The van der Waals surface area contributed by atoms with Gasteiger partial charge in [-0.25, -0.2) is 9.18 Å². The van der Waals surface area contributed by atoms with Crippen molar-refractivity contribution < 1.29 is 13.9 Å². The number of halogens is 1. The summed E-state index contributed by atoms with van der Waals surface area (Å²) in [6.45, 7) is 0. The molecule has 0 atom stereocenters. The van der Waals surface area contributed by atoms with Crippen molar-refractivity contribution >= 4 is 11.8 Å². The van der Waals surface area contributed by atoms with Crippen LogP contribution in [0.5, 0.6) is 5.75 Å². The lowest BCUT2D eigenvalue weighted by atomic mass is 10.3. The van der Waals surface area contributed by atoms with Crippen molar-refractivity contribution in [1.82, 2.24) is 0 Å². The van der Waals surface area contributed by atoms with Gasteiger partial charge in [0.15, 0.2) is 11.6 Å². The number of methoxy groups -OCH3 is 1. The van der Waals surface area contributed by atoms with E-state index >= 15 is 0 Å². The summed E-state index contributed by atoms with van der Waals surface area (Å²) in [5, 5.41) is 0. The average molecular weight is 167 g/mol.